The van der Waals surface area contributed by atoms with Gasteiger partial charge in [-0.15, -0.1) is 0 Å². The van der Waals surface area contributed by atoms with Crippen molar-refractivity contribution in [1.29, 1.82) is 0 Å². The Balaban J connectivity index is 1.99. The molecule has 5 heteroatoms. The Morgan fingerprint density at radius 3 is 2.71 bits per heavy atom. The SMILES string of the molecule is CCCc1nc2ccccc2n1Cc1nc(C(C)C)no1. The zero-order valence-electron chi connectivity index (χ0n) is 12.7. The quantitative estimate of drug-likeness (QED) is 0.719. The van der Waals surface area contributed by atoms with Crippen LogP contribution in [0.3, 0.4) is 0 Å². The fourth-order valence-corrected chi connectivity index (χ4v) is 2.42. The summed E-state index contributed by atoms with van der Waals surface area (Å²) in [6, 6.07) is 8.17. The van der Waals surface area contributed by atoms with E-state index >= 15 is 0 Å². The smallest absolute Gasteiger partial charge is 0.246 e. The number of fused-ring (bicyclic) bond motifs is 1. The highest BCUT2D eigenvalue weighted by molar-refractivity contribution is 5.75. The number of para-hydroxylation sites is 2. The number of rotatable bonds is 5. The van der Waals surface area contributed by atoms with Crippen LogP contribution in [0.25, 0.3) is 11.0 Å². The van der Waals surface area contributed by atoms with Crippen molar-refractivity contribution in [3.8, 4) is 0 Å². The first-order valence-corrected chi connectivity index (χ1v) is 7.45. The van der Waals surface area contributed by atoms with Crippen molar-refractivity contribution in [2.75, 3.05) is 0 Å². The molecular weight excluding hydrogens is 264 g/mol. The van der Waals surface area contributed by atoms with Gasteiger partial charge in [0, 0.05) is 12.3 Å². The molecule has 0 saturated heterocycles. The van der Waals surface area contributed by atoms with Gasteiger partial charge in [0.15, 0.2) is 5.82 Å². The van der Waals surface area contributed by atoms with Gasteiger partial charge in [0.1, 0.15) is 12.4 Å². The monoisotopic (exact) mass is 284 g/mol. The van der Waals surface area contributed by atoms with E-state index in [1.807, 2.05) is 18.2 Å². The van der Waals surface area contributed by atoms with Gasteiger partial charge in [-0.1, -0.05) is 38.1 Å². The van der Waals surface area contributed by atoms with Crippen LogP contribution in [0.2, 0.25) is 0 Å². The molecule has 0 saturated carbocycles. The topological polar surface area (TPSA) is 56.7 Å². The van der Waals surface area contributed by atoms with Crippen LogP contribution in [0.15, 0.2) is 28.8 Å². The maximum atomic E-state index is 5.37. The molecular formula is C16H20N4O. The summed E-state index contributed by atoms with van der Waals surface area (Å²) in [6.45, 7) is 6.86. The van der Waals surface area contributed by atoms with E-state index in [9.17, 15) is 0 Å². The first kappa shape index (κ1) is 13.8. The molecule has 0 spiro atoms. The molecule has 0 aliphatic rings. The summed E-state index contributed by atoms with van der Waals surface area (Å²) in [5.41, 5.74) is 2.13. The van der Waals surface area contributed by atoms with Gasteiger partial charge < -0.3 is 9.09 Å². The van der Waals surface area contributed by atoms with E-state index < -0.39 is 0 Å². The van der Waals surface area contributed by atoms with E-state index in [1.54, 1.807) is 0 Å². The van der Waals surface area contributed by atoms with Crippen LogP contribution in [0, 0.1) is 0 Å². The van der Waals surface area contributed by atoms with Crippen LogP contribution in [-0.4, -0.2) is 19.7 Å². The Bertz CT molecular complexity index is 742. The summed E-state index contributed by atoms with van der Waals surface area (Å²) < 4.78 is 7.55. The molecule has 0 fully saturated rings. The fourth-order valence-electron chi connectivity index (χ4n) is 2.42. The normalized spacial score (nSPS) is 11.6. The number of aromatic nitrogens is 4. The van der Waals surface area contributed by atoms with Crippen LogP contribution < -0.4 is 0 Å². The molecule has 2 aromatic heterocycles. The Kier molecular flexibility index (Phi) is 3.73. The number of hydrogen-bond acceptors (Lipinski definition) is 4. The first-order chi connectivity index (χ1) is 10.2. The molecule has 0 atom stereocenters. The molecule has 0 bridgehead atoms. The third-order valence-corrected chi connectivity index (χ3v) is 3.50. The van der Waals surface area contributed by atoms with Gasteiger partial charge in [0.25, 0.3) is 0 Å². The summed E-state index contributed by atoms with van der Waals surface area (Å²) in [5.74, 6) is 2.74. The molecule has 3 rings (SSSR count). The summed E-state index contributed by atoms with van der Waals surface area (Å²) >= 11 is 0. The van der Waals surface area contributed by atoms with Gasteiger partial charge in [-0.25, -0.2) is 4.98 Å². The molecule has 1 aromatic carbocycles. The van der Waals surface area contributed by atoms with Crippen molar-refractivity contribution in [2.45, 2.75) is 46.1 Å². The van der Waals surface area contributed by atoms with Gasteiger partial charge in [0.05, 0.1) is 11.0 Å². The molecule has 3 aromatic rings. The van der Waals surface area contributed by atoms with Crippen molar-refractivity contribution in [3.63, 3.8) is 0 Å². The van der Waals surface area contributed by atoms with Gasteiger partial charge in [-0.05, 0) is 18.6 Å². The number of aryl methyl sites for hydroxylation is 1. The Morgan fingerprint density at radius 2 is 2.00 bits per heavy atom. The highest BCUT2D eigenvalue weighted by Crippen LogP contribution is 2.19. The maximum absolute atomic E-state index is 5.37. The van der Waals surface area contributed by atoms with Crippen molar-refractivity contribution >= 4 is 11.0 Å². The zero-order chi connectivity index (χ0) is 14.8. The molecule has 0 aliphatic carbocycles. The summed E-state index contributed by atoms with van der Waals surface area (Å²) in [4.78, 5) is 9.18. The lowest BCUT2D eigenvalue weighted by atomic mass is 10.2. The lowest BCUT2D eigenvalue weighted by Gasteiger charge is -2.05. The minimum absolute atomic E-state index is 0.275. The molecule has 0 aliphatic heterocycles. The van der Waals surface area contributed by atoms with Crippen molar-refractivity contribution in [1.82, 2.24) is 19.7 Å². The van der Waals surface area contributed by atoms with Crippen LogP contribution in [0.4, 0.5) is 0 Å². The second-order valence-corrected chi connectivity index (χ2v) is 5.55. The van der Waals surface area contributed by atoms with E-state index in [2.05, 4.69) is 41.5 Å². The second-order valence-electron chi connectivity index (χ2n) is 5.55. The molecule has 0 unspecified atom stereocenters. The van der Waals surface area contributed by atoms with Crippen molar-refractivity contribution in [2.24, 2.45) is 0 Å². The predicted molar refractivity (Wildman–Crippen MR) is 81.2 cm³/mol. The van der Waals surface area contributed by atoms with Crippen LogP contribution in [0.5, 0.6) is 0 Å². The third kappa shape index (κ3) is 2.68. The molecule has 0 radical (unpaired) electrons. The number of hydrogen-bond donors (Lipinski definition) is 0. The zero-order valence-corrected chi connectivity index (χ0v) is 12.7. The highest BCUT2D eigenvalue weighted by atomic mass is 16.5. The molecule has 2 heterocycles. The van der Waals surface area contributed by atoms with E-state index in [1.165, 1.54) is 0 Å². The number of benzene rings is 1. The van der Waals surface area contributed by atoms with Crippen LogP contribution in [0.1, 0.15) is 50.6 Å². The van der Waals surface area contributed by atoms with Gasteiger partial charge in [-0.3, -0.25) is 0 Å². The summed E-state index contributed by atoms with van der Waals surface area (Å²) in [6.07, 6.45) is 2.00. The van der Waals surface area contributed by atoms with E-state index in [0.29, 0.717) is 12.4 Å². The van der Waals surface area contributed by atoms with E-state index in [0.717, 1.165) is 35.5 Å². The Morgan fingerprint density at radius 1 is 1.19 bits per heavy atom. The average Bonchev–Trinajstić information content (AvgIpc) is 3.06. The maximum Gasteiger partial charge on any atom is 0.246 e. The first-order valence-electron chi connectivity index (χ1n) is 7.45. The van der Waals surface area contributed by atoms with Gasteiger partial charge >= 0.3 is 0 Å². The summed E-state index contributed by atoms with van der Waals surface area (Å²) in [7, 11) is 0. The minimum atomic E-state index is 0.275. The molecule has 5 nitrogen and oxygen atoms in total. The Labute approximate surface area is 124 Å². The van der Waals surface area contributed by atoms with Crippen molar-refractivity contribution < 1.29 is 4.52 Å². The average molecular weight is 284 g/mol. The lowest BCUT2D eigenvalue weighted by molar-refractivity contribution is 0.364. The van der Waals surface area contributed by atoms with E-state index in [4.69, 9.17) is 9.51 Å². The molecule has 110 valence electrons. The predicted octanol–water partition coefficient (Wildman–Crippen LogP) is 3.54. The number of nitrogens with zero attached hydrogens (tertiary/aromatic N) is 4. The second kappa shape index (κ2) is 5.68. The van der Waals surface area contributed by atoms with Crippen LogP contribution in [-0.2, 0) is 13.0 Å². The van der Waals surface area contributed by atoms with Crippen molar-refractivity contribution in [3.05, 3.63) is 41.8 Å². The van der Waals surface area contributed by atoms with Crippen LogP contribution >= 0.6 is 0 Å². The fraction of sp³-hybridized carbons (Fsp3) is 0.438. The number of imidazole rings is 1. The Hall–Kier alpha value is -2.17. The molecule has 21 heavy (non-hydrogen) atoms. The largest absolute Gasteiger partial charge is 0.337 e. The van der Waals surface area contributed by atoms with Gasteiger partial charge in [-0.2, -0.15) is 4.98 Å². The minimum Gasteiger partial charge on any atom is -0.337 e. The molecule has 0 N–H and O–H groups in total. The van der Waals surface area contributed by atoms with Gasteiger partial charge in [0.2, 0.25) is 5.89 Å². The standard InChI is InChI=1S/C16H20N4O/c1-4-7-14-17-12-8-5-6-9-13(12)20(14)10-15-18-16(11(2)3)19-21-15/h5-6,8-9,11H,4,7,10H2,1-3H3. The molecule has 0 amide bonds. The summed E-state index contributed by atoms with van der Waals surface area (Å²) in [5, 5.41) is 4.03. The highest BCUT2D eigenvalue weighted by Gasteiger charge is 2.14. The third-order valence-electron chi connectivity index (χ3n) is 3.50. The van der Waals surface area contributed by atoms with E-state index in [-0.39, 0.29) is 5.92 Å². The lowest BCUT2D eigenvalue weighted by Crippen LogP contribution is -2.05.